The average molecular weight is 349 g/mol. The number of aromatic nitrogens is 1. The number of nitro groups is 1. The SMILES string of the molecule is COc1cc([N+](=O)[O-])ccc1-c1ccnc(N(C)Cc2ccccc2)c1. The van der Waals surface area contributed by atoms with Gasteiger partial charge in [0.15, 0.2) is 0 Å². The molecule has 0 aliphatic heterocycles. The molecule has 132 valence electrons. The molecule has 0 saturated carbocycles. The number of rotatable bonds is 6. The van der Waals surface area contributed by atoms with Crippen LogP contribution in [0.5, 0.6) is 5.75 Å². The van der Waals surface area contributed by atoms with E-state index in [1.807, 2.05) is 37.4 Å². The van der Waals surface area contributed by atoms with Crippen molar-refractivity contribution < 1.29 is 9.66 Å². The van der Waals surface area contributed by atoms with E-state index in [1.54, 1.807) is 12.3 Å². The van der Waals surface area contributed by atoms with Gasteiger partial charge >= 0.3 is 0 Å². The molecule has 6 nitrogen and oxygen atoms in total. The number of nitrogens with zero attached hydrogens (tertiary/aromatic N) is 3. The van der Waals surface area contributed by atoms with Crippen LogP contribution in [0.4, 0.5) is 11.5 Å². The number of pyridine rings is 1. The van der Waals surface area contributed by atoms with Gasteiger partial charge in [0.05, 0.1) is 18.1 Å². The van der Waals surface area contributed by atoms with Crippen molar-refractivity contribution in [1.82, 2.24) is 4.98 Å². The monoisotopic (exact) mass is 349 g/mol. The fourth-order valence-electron chi connectivity index (χ4n) is 2.76. The molecule has 0 aliphatic carbocycles. The maximum atomic E-state index is 11.0. The summed E-state index contributed by atoms with van der Waals surface area (Å²) in [6.45, 7) is 0.731. The minimum Gasteiger partial charge on any atom is -0.496 e. The number of hydrogen-bond donors (Lipinski definition) is 0. The van der Waals surface area contributed by atoms with Gasteiger partial charge in [-0.05, 0) is 29.3 Å². The second-order valence-corrected chi connectivity index (χ2v) is 5.89. The number of ether oxygens (including phenoxy) is 1. The van der Waals surface area contributed by atoms with Gasteiger partial charge < -0.3 is 9.64 Å². The Bertz CT molecular complexity index is 913. The number of methoxy groups -OCH3 is 1. The molecular weight excluding hydrogens is 330 g/mol. The van der Waals surface area contributed by atoms with Gasteiger partial charge in [-0.3, -0.25) is 10.1 Å². The number of nitro benzene ring substituents is 1. The van der Waals surface area contributed by atoms with E-state index in [4.69, 9.17) is 4.74 Å². The van der Waals surface area contributed by atoms with E-state index in [1.165, 1.54) is 24.8 Å². The van der Waals surface area contributed by atoms with Crippen LogP contribution in [-0.2, 0) is 6.54 Å². The molecule has 0 saturated heterocycles. The summed E-state index contributed by atoms with van der Waals surface area (Å²) in [4.78, 5) is 17.0. The lowest BCUT2D eigenvalue weighted by Crippen LogP contribution is -2.17. The Labute approximate surface area is 151 Å². The molecule has 6 heteroatoms. The molecule has 3 aromatic rings. The largest absolute Gasteiger partial charge is 0.496 e. The predicted octanol–water partition coefficient (Wildman–Crippen LogP) is 4.30. The zero-order chi connectivity index (χ0) is 18.5. The quantitative estimate of drug-likeness (QED) is 0.490. The van der Waals surface area contributed by atoms with E-state index in [2.05, 4.69) is 22.0 Å². The third kappa shape index (κ3) is 3.80. The van der Waals surface area contributed by atoms with E-state index >= 15 is 0 Å². The summed E-state index contributed by atoms with van der Waals surface area (Å²) in [5.41, 5.74) is 2.87. The summed E-state index contributed by atoms with van der Waals surface area (Å²) in [6, 6.07) is 18.6. The predicted molar refractivity (Wildman–Crippen MR) is 101 cm³/mol. The standard InChI is InChI=1S/C20H19N3O3/c1-22(14-15-6-4-3-5-7-15)20-12-16(10-11-21-20)18-9-8-17(23(24)25)13-19(18)26-2/h3-13H,14H2,1-2H3. The zero-order valence-electron chi connectivity index (χ0n) is 14.6. The molecule has 26 heavy (non-hydrogen) atoms. The van der Waals surface area contributed by atoms with Crippen LogP contribution < -0.4 is 9.64 Å². The van der Waals surface area contributed by atoms with Crippen LogP contribution in [0, 0.1) is 10.1 Å². The fraction of sp³-hybridized carbons (Fsp3) is 0.150. The first-order chi connectivity index (χ1) is 12.6. The molecule has 0 unspecified atom stereocenters. The molecule has 0 aliphatic rings. The highest BCUT2D eigenvalue weighted by Gasteiger charge is 2.14. The molecule has 0 spiro atoms. The van der Waals surface area contributed by atoms with E-state index in [0.717, 1.165) is 23.5 Å². The van der Waals surface area contributed by atoms with Crippen molar-refractivity contribution in [3.05, 3.63) is 82.5 Å². The van der Waals surface area contributed by atoms with Gasteiger partial charge in [0.25, 0.3) is 5.69 Å². The van der Waals surface area contributed by atoms with Crippen molar-refractivity contribution in [2.75, 3.05) is 19.1 Å². The summed E-state index contributed by atoms with van der Waals surface area (Å²) < 4.78 is 5.35. The highest BCUT2D eigenvalue weighted by Crippen LogP contribution is 2.34. The van der Waals surface area contributed by atoms with Crippen molar-refractivity contribution in [3.8, 4) is 16.9 Å². The molecule has 1 heterocycles. The molecule has 2 aromatic carbocycles. The van der Waals surface area contributed by atoms with Crippen molar-refractivity contribution in [1.29, 1.82) is 0 Å². The Morgan fingerprint density at radius 2 is 1.88 bits per heavy atom. The van der Waals surface area contributed by atoms with Crippen LogP contribution in [0.15, 0.2) is 66.9 Å². The second kappa shape index (κ2) is 7.65. The molecule has 0 bridgehead atoms. The van der Waals surface area contributed by atoms with E-state index in [0.29, 0.717) is 5.75 Å². The highest BCUT2D eigenvalue weighted by molar-refractivity contribution is 5.74. The average Bonchev–Trinajstić information content (AvgIpc) is 2.68. The maximum Gasteiger partial charge on any atom is 0.273 e. The summed E-state index contributed by atoms with van der Waals surface area (Å²) in [7, 11) is 3.48. The molecule has 3 rings (SSSR count). The van der Waals surface area contributed by atoms with Gasteiger partial charge in [-0.15, -0.1) is 0 Å². The summed E-state index contributed by atoms with van der Waals surface area (Å²) in [6.07, 6.45) is 1.73. The van der Waals surface area contributed by atoms with Crippen LogP contribution in [0.1, 0.15) is 5.56 Å². The second-order valence-electron chi connectivity index (χ2n) is 5.89. The first-order valence-electron chi connectivity index (χ1n) is 8.12. The van der Waals surface area contributed by atoms with E-state index in [9.17, 15) is 10.1 Å². The minimum atomic E-state index is -0.433. The maximum absolute atomic E-state index is 11.0. The van der Waals surface area contributed by atoms with Crippen LogP contribution in [0.3, 0.4) is 0 Å². The Morgan fingerprint density at radius 3 is 2.58 bits per heavy atom. The number of benzene rings is 2. The lowest BCUT2D eigenvalue weighted by atomic mass is 10.0. The molecule has 0 radical (unpaired) electrons. The third-order valence-electron chi connectivity index (χ3n) is 4.11. The van der Waals surface area contributed by atoms with Crippen molar-refractivity contribution in [2.45, 2.75) is 6.54 Å². The van der Waals surface area contributed by atoms with Gasteiger partial charge in [0.1, 0.15) is 11.6 Å². The van der Waals surface area contributed by atoms with Crippen LogP contribution in [0.25, 0.3) is 11.1 Å². The van der Waals surface area contributed by atoms with Crippen LogP contribution in [0.2, 0.25) is 0 Å². The molecule has 0 amide bonds. The fourth-order valence-corrected chi connectivity index (χ4v) is 2.76. The summed E-state index contributed by atoms with van der Waals surface area (Å²) >= 11 is 0. The molecule has 0 atom stereocenters. The Balaban J connectivity index is 1.91. The highest BCUT2D eigenvalue weighted by atomic mass is 16.6. The lowest BCUT2D eigenvalue weighted by Gasteiger charge is -2.19. The molecular formula is C20H19N3O3. The van der Waals surface area contributed by atoms with Crippen LogP contribution in [-0.4, -0.2) is 24.1 Å². The third-order valence-corrected chi connectivity index (χ3v) is 4.11. The topological polar surface area (TPSA) is 68.5 Å². The number of anilines is 1. The first-order valence-corrected chi connectivity index (χ1v) is 8.12. The van der Waals surface area contributed by atoms with Gasteiger partial charge in [-0.25, -0.2) is 4.98 Å². The van der Waals surface area contributed by atoms with Gasteiger partial charge in [0, 0.05) is 31.4 Å². The molecule has 0 N–H and O–H groups in total. The van der Waals surface area contributed by atoms with Crippen molar-refractivity contribution in [3.63, 3.8) is 0 Å². The normalized spacial score (nSPS) is 10.4. The van der Waals surface area contributed by atoms with Crippen LogP contribution >= 0.6 is 0 Å². The number of non-ortho nitro benzene ring substituents is 1. The van der Waals surface area contributed by atoms with Gasteiger partial charge in [-0.1, -0.05) is 30.3 Å². The van der Waals surface area contributed by atoms with E-state index < -0.39 is 4.92 Å². The first kappa shape index (κ1) is 17.4. The van der Waals surface area contributed by atoms with E-state index in [-0.39, 0.29) is 5.69 Å². The number of hydrogen-bond acceptors (Lipinski definition) is 5. The lowest BCUT2D eigenvalue weighted by molar-refractivity contribution is -0.384. The Morgan fingerprint density at radius 1 is 1.12 bits per heavy atom. The Hall–Kier alpha value is -3.41. The molecule has 0 fully saturated rings. The zero-order valence-corrected chi connectivity index (χ0v) is 14.6. The molecule has 1 aromatic heterocycles. The van der Waals surface area contributed by atoms with Crippen molar-refractivity contribution in [2.24, 2.45) is 0 Å². The summed E-state index contributed by atoms with van der Waals surface area (Å²) in [5.74, 6) is 1.27. The Kier molecular flexibility index (Phi) is 5.12. The van der Waals surface area contributed by atoms with Crippen molar-refractivity contribution >= 4 is 11.5 Å². The smallest absolute Gasteiger partial charge is 0.273 e. The van der Waals surface area contributed by atoms with Gasteiger partial charge in [-0.2, -0.15) is 0 Å². The summed E-state index contributed by atoms with van der Waals surface area (Å²) in [5, 5.41) is 11.0. The van der Waals surface area contributed by atoms with Gasteiger partial charge in [0.2, 0.25) is 0 Å². The minimum absolute atomic E-state index is 0.000996.